The van der Waals surface area contributed by atoms with Crippen molar-refractivity contribution in [2.24, 2.45) is 0 Å². The number of hydrogen-bond acceptors (Lipinski definition) is 1. The fourth-order valence-electron chi connectivity index (χ4n) is 1.52. The molecule has 0 aliphatic rings. The summed E-state index contributed by atoms with van der Waals surface area (Å²) in [6.07, 6.45) is 4.37. The molecule has 1 aromatic rings. The SMILES string of the molecule is CCCNCCC=C(C)c1ccc(F)cc1. The lowest BCUT2D eigenvalue weighted by Crippen LogP contribution is -2.15. The van der Waals surface area contributed by atoms with E-state index in [1.165, 1.54) is 24.1 Å². The summed E-state index contributed by atoms with van der Waals surface area (Å²) >= 11 is 0. The van der Waals surface area contributed by atoms with E-state index < -0.39 is 0 Å². The maximum Gasteiger partial charge on any atom is 0.123 e. The second-order valence-electron chi connectivity index (χ2n) is 3.93. The van der Waals surface area contributed by atoms with Crippen LogP contribution in [0.1, 0.15) is 32.3 Å². The molecule has 1 aromatic carbocycles. The molecular weight excluding hydrogens is 201 g/mol. The molecule has 2 heteroatoms. The molecule has 0 heterocycles. The molecule has 0 atom stereocenters. The first-order chi connectivity index (χ1) is 7.74. The van der Waals surface area contributed by atoms with Crippen LogP contribution >= 0.6 is 0 Å². The van der Waals surface area contributed by atoms with Gasteiger partial charge in [-0.15, -0.1) is 0 Å². The molecule has 1 N–H and O–H groups in total. The first-order valence-corrected chi connectivity index (χ1v) is 5.87. The van der Waals surface area contributed by atoms with E-state index in [0.29, 0.717) is 0 Å². The zero-order valence-electron chi connectivity index (χ0n) is 10.1. The van der Waals surface area contributed by atoms with Crippen LogP contribution in [0, 0.1) is 5.82 Å². The van der Waals surface area contributed by atoms with E-state index >= 15 is 0 Å². The molecule has 0 spiro atoms. The Kier molecular flexibility index (Phi) is 5.79. The van der Waals surface area contributed by atoms with Crippen LogP contribution in [0.3, 0.4) is 0 Å². The Morgan fingerprint density at radius 2 is 1.94 bits per heavy atom. The van der Waals surface area contributed by atoms with Crippen molar-refractivity contribution in [2.75, 3.05) is 13.1 Å². The van der Waals surface area contributed by atoms with Crippen molar-refractivity contribution in [3.8, 4) is 0 Å². The molecule has 1 rings (SSSR count). The van der Waals surface area contributed by atoms with Gasteiger partial charge >= 0.3 is 0 Å². The third-order valence-electron chi connectivity index (χ3n) is 2.50. The van der Waals surface area contributed by atoms with Crippen LogP contribution in [0.2, 0.25) is 0 Å². The lowest BCUT2D eigenvalue weighted by molar-refractivity contribution is 0.627. The van der Waals surface area contributed by atoms with Gasteiger partial charge in [-0.05, 0) is 56.1 Å². The molecule has 0 amide bonds. The van der Waals surface area contributed by atoms with Crippen LogP contribution in [-0.2, 0) is 0 Å². The highest BCUT2D eigenvalue weighted by molar-refractivity contribution is 5.63. The summed E-state index contributed by atoms with van der Waals surface area (Å²) in [6.45, 7) is 6.30. The van der Waals surface area contributed by atoms with Crippen LogP contribution in [-0.4, -0.2) is 13.1 Å². The lowest BCUT2D eigenvalue weighted by Gasteiger charge is -2.03. The van der Waals surface area contributed by atoms with Gasteiger partial charge in [0.2, 0.25) is 0 Å². The molecule has 1 nitrogen and oxygen atoms in total. The zero-order valence-corrected chi connectivity index (χ0v) is 10.1. The molecule has 0 fully saturated rings. The first kappa shape index (κ1) is 12.9. The Labute approximate surface area is 97.4 Å². The first-order valence-electron chi connectivity index (χ1n) is 5.87. The fourth-order valence-corrected chi connectivity index (χ4v) is 1.52. The molecular formula is C14H20FN. The molecule has 0 unspecified atom stereocenters. The number of hydrogen-bond donors (Lipinski definition) is 1. The van der Waals surface area contributed by atoms with Gasteiger partial charge in [-0.1, -0.05) is 25.1 Å². The van der Waals surface area contributed by atoms with Crippen molar-refractivity contribution < 1.29 is 4.39 Å². The van der Waals surface area contributed by atoms with Crippen LogP contribution in [0.5, 0.6) is 0 Å². The highest BCUT2D eigenvalue weighted by Crippen LogP contribution is 2.14. The van der Waals surface area contributed by atoms with E-state index in [-0.39, 0.29) is 5.82 Å². The smallest absolute Gasteiger partial charge is 0.123 e. The zero-order chi connectivity index (χ0) is 11.8. The summed E-state index contributed by atoms with van der Waals surface area (Å²) in [6, 6.07) is 6.64. The summed E-state index contributed by atoms with van der Waals surface area (Å²) < 4.78 is 12.7. The summed E-state index contributed by atoms with van der Waals surface area (Å²) in [4.78, 5) is 0. The van der Waals surface area contributed by atoms with E-state index in [1.807, 2.05) is 12.1 Å². The largest absolute Gasteiger partial charge is 0.316 e. The highest BCUT2D eigenvalue weighted by atomic mass is 19.1. The topological polar surface area (TPSA) is 12.0 Å². The third-order valence-corrected chi connectivity index (χ3v) is 2.50. The van der Waals surface area contributed by atoms with Crippen molar-refractivity contribution >= 4 is 5.57 Å². The molecule has 0 saturated carbocycles. The number of nitrogens with one attached hydrogen (secondary N) is 1. The quantitative estimate of drug-likeness (QED) is 0.723. The van der Waals surface area contributed by atoms with Crippen molar-refractivity contribution in [2.45, 2.75) is 26.7 Å². The number of rotatable bonds is 6. The molecule has 0 aliphatic carbocycles. The Morgan fingerprint density at radius 1 is 1.25 bits per heavy atom. The summed E-state index contributed by atoms with van der Waals surface area (Å²) in [5.41, 5.74) is 2.30. The van der Waals surface area contributed by atoms with E-state index in [1.54, 1.807) is 0 Å². The van der Waals surface area contributed by atoms with Crippen molar-refractivity contribution in [3.05, 3.63) is 41.7 Å². The van der Waals surface area contributed by atoms with Crippen LogP contribution < -0.4 is 5.32 Å². The van der Waals surface area contributed by atoms with Gasteiger partial charge in [-0.25, -0.2) is 4.39 Å². The van der Waals surface area contributed by atoms with Gasteiger partial charge in [-0.2, -0.15) is 0 Å². The van der Waals surface area contributed by atoms with Crippen LogP contribution in [0.4, 0.5) is 4.39 Å². The third kappa shape index (κ3) is 4.58. The summed E-state index contributed by atoms with van der Waals surface area (Å²) in [5, 5.41) is 3.35. The van der Waals surface area contributed by atoms with Crippen molar-refractivity contribution in [3.63, 3.8) is 0 Å². The standard InChI is InChI=1S/C14H20FN/c1-3-10-16-11-4-5-12(2)13-6-8-14(15)9-7-13/h5-9,16H,3-4,10-11H2,1-2H3. The van der Waals surface area contributed by atoms with Gasteiger partial charge < -0.3 is 5.32 Å². The van der Waals surface area contributed by atoms with Gasteiger partial charge in [0, 0.05) is 0 Å². The average Bonchev–Trinajstić information content (AvgIpc) is 2.29. The summed E-state index contributed by atoms with van der Waals surface area (Å²) in [5.74, 6) is -0.179. The number of halogens is 1. The maximum atomic E-state index is 12.7. The van der Waals surface area contributed by atoms with E-state index in [4.69, 9.17) is 0 Å². The minimum atomic E-state index is -0.179. The molecule has 16 heavy (non-hydrogen) atoms. The molecule has 0 aromatic heterocycles. The van der Waals surface area contributed by atoms with E-state index in [2.05, 4.69) is 25.2 Å². The molecule has 88 valence electrons. The second kappa shape index (κ2) is 7.18. The monoisotopic (exact) mass is 221 g/mol. The van der Waals surface area contributed by atoms with Crippen LogP contribution in [0.25, 0.3) is 5.57 Å². The Bertz CT molecular complexity index is 327. The minimum Gasteiger partial charge on any atom is -0.316 e. The number of benzene rings is 1. The van der Waals surface area contributed by atoms with Gasteiger partial charge in [-0.3, -0.25) is 0 Å². The number of allylic oxidation sites excluding steroid dienone is 1. The average molecular weight is 221 g/mol. The maximum absolute atomic E-state index is 12.7. The molecule has 0 saturated heterocycles. The fraction of sp³-hybridized carbons (Fsp3) is 0.429. The predicted octanol–water partition coefficient (Wildman–Crippen LogP) is 3.62. The Morgan fingerprint density at radius 3 is 2.56 bits per heavy atom. The molecule has 0 bridgehead atoms. The molecule has 0 aliphatic heterocycles. The van der Waals surface area contributed by atoms with Gasteiger partial charge in [0.25, 0.3) is 0 Å². The predicted molar refractivity (Wildman–Crippen MR) is 67.8 cm³/mol. The summed E-state index contributed by atoms with van der Waals surface area (Å²) in [7, 11) is 0. The van der Waals surface area contributed by atoms with Crippen LogP contribution in [0.15, 0.2) is 30.3 Å². The van der Waals surface area contributed by atoms with Gasteiger partial charge in [0.15, 0.2) is 0 Å². The molecule has 0 radical (unpaired) electrons. The van der Waals surface area contributed by atoms with Gasteiger partial charge in [0.05, 0.1) is 0 Å². The second-order valence-corrected chi connectivity index (χ2v) is 3.93. The van der Waals surface area contributed by atoms with Crippen molar-refractivity contribution in [1.29, 1.82) is 0 Å². The normalized spacial score (nSPS) is 11.8. The Hall–Kier alpha value is -1.15. The van der Waals surface area contributed by atoms with E-state index in [9.17, 15) is 4.39 Å². The highest BCUT2D eigenvalue weighted by Gasteiger charge is 1.95. The lowest BCUT2D eigenvalue weighted by atomic mass is 10.1. The van der Waals surface area contributed by atoms with Gasteiger partial charge in [0.1, 0.15) is 5.82 Å². The minimum absolute atomic E-state index is 0.179. The van der Waals surface area contributed by atoms with Crippen molar-refractivity contribution in [1.82, 2.24) is 5.32 Å². The Balaban J connectivity index is 2.41. The van der Waals surface area contributed by atoms with E-state index in [0.717, 1.165) is 25.1 Å².